The number of hydrogen-bond donors (Lipinski definition) is 2. The highest BCUT2D eigenvalue weighted by Gasteiger charge is 2.35. The second-order valence-corrected chi connectivity index (χ2v) is 8.94. The molecule has 158 valence electrons. The summed E-state index contributed by atoms with van der Waals surface area (Å²) >= 11 is 0. The van der Waals surface area contributed by atoms with Gasteiger partial charge < -0.3 is 15.2 Å². The first kappa shape index (κ1) is 20.5. The summed E-state index contributed by atoms with van der Waals surface area (Å²) in [5.41, 5.74) is 3.87. The first-order chi connectivity index (χ1) is 14.5. The number of alkyl carbamates (subject to hydrolysis) is 1. The lowest BCUT2D eigenvalue weighted by Crippen LogP contribution is -2.49. The molecule has 2 aromatic rings. The molecule has 2 aromatic carbocycles. The van der Waals surface area contributed by atoms with Crippen molar-refractivity contribution in [3.05, 3.63) is 59.7 Å². The van der Waals surface area contributed by atoms with Crippen LogP contribution in [0, 0.1) is 5.92 Å². The Labute approximate surface area is 177 Å². The molecular formula is C25H29NO4. The Morgan fingerprint density at radius 3 is 2.17 bits per heavy atom. The van der Waals surface area contributed by atoms with Crippen LogP contribution in [0.2, 0.25) is 0 Å². The Kier molecular flexibility index (Phi) is 5.80. The third-order valence-corrected chi connectivity index (χ3v) is 6.50. The van der Waals surface area contributed by atoms with E-state index < -0.39 is 17.6 Å². The fourth-order valence-electron chi connectivity index (χ4n) is 5.23. The number of fused-ring (bicyclic) bond motifs is 3. The summed E-state index contributed by atoms with van der Waals surface area (Å²) in [7, 11) is 0. The van der Waals surface area contributed by atoms with E-state index in [1.807, 2.05) is 31.2 Å². The minimum absolute atomic E-state index is 0.0105. The third kappa shape index (κ3) is 4.35. The molecule has 4 rings (SSSR count). The van der Waals surface area contributed by atoms with Gasteiger partial charge in [-0.05, 0) is 41.5 Å². The van der Waals surface area contributed by atoms with E-state index in [4.69, 9.17) is 4.74 Å². The molecule has 2 N–H and O–H groups in total. The molecule has 1 unspecified atom stereocenters. The first-order valence-corrected chi connectivity index (χ1v) is 10.8. The van der Waals surface area contributed by atoms with Gasteiger partial charge in [0.05, 0.1) is 12.0 Å². The van der Waals surface area contributed by atoms with Crippen molar-refractivity contribution in [3.8, 4) is 11.1 Å². The summed E-state index contributed by atoms with van der Waals surface area (Å²) in [5, 5.41) is 12.2. The van der Waals surface area contributed by atoms with Gasteiger partial charge in [-0.1, -0.05) is 74.2 Å². The number of rotatable bonds is 7. The molecule has 30 heavy (non-hydrogen) atoms. The van der Waals surface area contributed by atoms with E-state index in [0.717, 1.165) is 24.0 Å². The largest absolute Gasteiger partial charge is 0.481 e. The van der Waals surface area contributed by atoms with Gasteiger partial charge in [-0.15, -0.1) is 0 Å². The molecule has 1 saturated carbocycles. The summed E-state index contributed by atoms with van der Waals surface area (Å²) in [5.74, 6) is -0.457. The highest BCUT2D eigenvalue weighted by Crippen LogP contribution is 2.44. The molecule has 0 heterocycles. The molecule has 1 atom stereocenters. The average Bonchev–Trinajstić information content (AvgIpc) is 3.31. The van der Waals surface area contributed by atoms with Crippen molar-refractivity contribution in [1.82, 2.24) is 5.32 Å². The van der Waals surface area contributed by atoms with E-state index in [2.05, 4.69) is 29.6 Å². The number of amides is 1. The maximum atomic E-state index is 12.7. The molecule has 1 fully saturated rings. The minimum atomic E-state index is -0.908. The maximum Gasteiger partial charge on any atom is 0.407 e. The predicted octanol–water partition coefficient (Wildman–Crippen LogP) is 5.34. The van der Waals surface area contributed by atoms with E-state index >= 15 is 0 Å². The van der Waals surface area contributed by atoms with E-state index in [0.29, 0.717) is 12.3 Å². The fraction of sp³-hybridized carbons (Fsp3) is 0.440. The van der Waals surface area contributed by atoms with Crippen molar-refractivity contribution in [2.75, 3.05) is 6.61 Å². The number of hydrogen-bond acceptors (Lipinski definition) is 3. The summed E-state index contributed by atoms with van der Waals surface area (Å²) < 4.78 is 5.64. The molecule has 2 aliphatic rings. The predicted molar refractivity (Wildman–Crippen MR) is 115 cm³/mol. The molecule has 0 saturated heterocycles. The third-order valence-electron chi connectivity index (χ3n) is 6.50. The molecule has 0 radical (unpaired) electrons. The van der Waals surface area contributed by atoms with Crippen LogP contribution in [0.5, 0.6) is 0 Å². The summed E-state index contributed by atoms with van der Waals surface area (Å²) in [4.78, 5) is 24.1. The lowest BCUT2D eigenvalue weighted by atomic mass is 9.85. The van der Waals surface area contributed by atoms with Gasteiger partial charge in [-0.3, -0.25) is 4.79 Å². The van der Waals surface area contributed by atoms with Gasteiger partial charge in [-0.2, -0.15) is 0 Å². The first-order valence-electron chi connectivity index (χ1n) is 10.8. The Morgan fingerprint density at radius 1 is 1.03 bits per heavy atom. The second-order valence-electron chi connectivity index (χ2n) is 8.94. The van der Waals surface area contributed by atoms with Crippen molar-refractivity contribution >= 4 is 12.1 Å². The number of carboxylic acids is 1. The Balaban J connectivity index is 1.44. The molecule has 0 aromatic heterocycles. The fourth-order valence-corrected chi connectivity index (χ4v) is 5.23. The van der Waals surface area contributed by atoms with Crippen LogP contribution < -0.4 is 5.32 Å². The van der Waals surface area contributed by atoms with Crippen molar-refractivity contribution in [2.24, 2.45) is 5.92 Å². The van der Waals surface area contributed by atoms with Gasteiger partial charge in [0.2, 0.25) is 0 Å². The van der Waals surface area contributed by atoms with E-state index in [-0.39, 0.29) is 18.9 Å². The Bertz CT molecular complexity index is 889. The van der Waals surface area contributed by atoms with Gasteiger partial charge in [0.25, 0.3) is 0 Å². The normalized spacial score (nSPS) is 17.8. The van der Waals surface area contributed by atoms with Crippen molar-refractivity contribution < 1.29 is 19.4 Å². The number of aliphatic carboxylic acids is 1. The molecular weight excluding hydrogens is 378 g/mol. The zero-order valence-electron chi connectivity index (χ0n) is 17.4. The number of carbonyl (C=O) groups is 2. The highest BCUT2D eigenvalue weighted by molar-refractivity contribution is 5.79. The standard InChI is InChI=1S/C25H29NO4/c1-25(15-23(27)28,14-17-8-2-3-9-17)26-24(29)30-16-22-20-12-6-4-10-18(20)19-11-5-7-13-21(19)22/h4-7,10-13,17,22H,2-3,8-9,14-16H2,1H3,(H,26,29)(H,27,28). The Morgan fingerprint density at radius 2 is 1.60 bits per heavy atom. The summed E-state index contributed by atoms with van der Waals surface area (Å²) in [6, 6.07) is 16.4. The minimum Gasteiger partial charge on any atom is -0.481 e. The zero-order valence-corrected chi connectivity index (χ0v) is 17.4. The van der Waals surface area contributed by atoms with Crippen LogP contribution in [0.25, 0.3) is 11.1 Å². The van der Waals surface area contributed by atoms with Crippen LogP contribution in [-0.4, -0.2) is 29.3 Å². The summed E-state index contributed by atoms with van der Waals surface area (Å²) in [6.07, 6.45) is 4.58. The lowest BCUT2D eigenvalue weighted by molar-refractivity contribution is -0.138. The molecule has 0 aliphatic heterocycles. The van der Waals surface area contributed by atoms with Crippen molar-refractivity contribution in [1.29, 1.82) is 0 Å². The van der Waals surface area contributed by atoms with Crippen LogP contribution in [-0.2, 0) is 9.53 Å². The number of nitrogens with one attached hydrogen (secondary N) is 1. The van der Waals surface area contributed by atoms with E-state index in [1.54, 1.807) is 0 Å². The number of ether oxygens (including phenoxy) is 1. The molecule has 2 aliphatic carbocycles. The Hall–Kier alpha value is -2.82. The topological polar surface area (TPSA) is 75.6 Å². The van der Waals surface area contributed by atoms with E-state index in [9.17, 15) is 14.7 Å². The monoisotopic (exact) mass is 407 g/mol. The van der Waals surface area contributed by atoms with Crippen LogP contribution in [0.3, 0.4) is 0 Å². The van der Waals surface area contributed by atoms with E-state index in [1.165, 1.54) is 24.0 Å². The zero-order chi connectivity index (χ0) is 21.1. The SMILES string of the molecule is CC(CC(=O)O)(CC1CCCC1)NC(=O)OCC1c2ccccc2-c2ccccc21. The van der Waals surface area contributed by atoms with Crippen molar-refractivity contribution in [2.45, 2.75) is 56.9 Å². The summed E-state index contributed by atoms with van der Waals surface area (Å²) in [6.45, 7) is 2.05. The molecule has 0 spiro atoms. The quantitative estimate of drug-likeness (QED) is 0.650. The lowest BCUT2D eigenvalue weighted by Gasteiger charge is -2.31. The van der Waals surface area contributed by atoms with Crippen LogP contribution >= 0.6 is 0 Å². The van der Waals surface area contributed by atoms with Gasteiger partial charge in [0, 0.05) is 5.92 Å². The number of carboxylic acid groups (broad SMARTS) is 1. The van der Waals surface area contributed by atoms with Crippen LogP contribution in [0.4, 0.5) is 4.79 Å². The van der Waals surface area contributed by atoms with Crippen LogP contribution in [0.1, 0.15) is 62.5 Å². The van der Waals surface area contributed by atoms with Gasteiger partial charge in [0.15, 0.2) is 0 Å². The van der Waals surface area contributed by atoms with Crippen LogP contribution in [0.15, 0.2) is 48.5 Å². The average molecular weight is 408 g/mol. The van der Waals surface area contributed by atoms with Gasteiger partial charge in [-0.25, -0.2) is 4.79 Å². The molecule has 0 bridgehead atoms. The smallest absolute Gasteiger partial charge is 0.407 e. The van der Waals surface area contributed by atoms with Gasteiger partial charge >= 0.3 is 12.1 Å². The number of benzene rings is 2. The molecule has 5 heteroatoms. The van der Waals surface area contributed by atoms with Gasteiger partial charge in [0.1, 0.15) is 6.61 Å². The highest BCUT2D eigenvalue weighted by atomic mass is 16.5. The molecule has 5 nitrogen and oxygen atoms in total. The number of carbonyl (C=O) groups excluding carboxylic acids is 1. The maximum absolute atomic E-state index is 12.7. The van der Waals surface area contributed by atoms with Crippen molar-refractivity contribution in [3.63, 3.8) is 0 Å². The molecule has 1 amide bonds. The second kappa shape index (κ2) is 8.50.